The first-order chi connectivity index (χ1) is 8.72. The van der Waals surface area contributed by atoms with E-state index >= 15 is 0 Å². The Morgan fingerprint density at radius 2 is 2.28 bits per heavy atom. The lowest BCUT2D eigenvalue weighted by molar-refractivity contribution is -0.117. The van der Waals surface area contributed by atoms with Gasteiger partial charge in [0.25, 0.3) is 0 Å². The molecule has 0 saturated heterocycles. The smallest absolute Gasteiger partial charge is 0.326 e. The van der Waals surface area contributed by atoms with Crippen molar-refractivity contribution in [2.45, 2.75) is 12.8 Å². The van der Waals surface area contributed by atoms with Crippen LogP contribution in [0.4, 0.5) is 5.69 Å². The molecule has 1 aliphatic carbocycles. The number of amides is 1. The Kier molecular flexibility index (Phi) is 2.47. The van der Waals surface area contributed by atoms with E-state index in [1.807, 2.05) is 0 Å². The van der Waals surface area contributed by atoms with E-state index in [2.05, 4.69) is 20.0 Å². The third-order valence-corrected chi connectivity index (χ3v) is 2.79. The van der Waals surface area contributed by atoms with Crippen molar-refractivity contribution in [1.82, 2.24) is 10.1 Å². The van der Waals surface area contributed by atoms with Crippen molar-refractivity contribution in [3.8, 4) is 11.4 Å². The molecule has 0 bridgehead atoms. The van der Waals surface area contributed by atoms with Crippen LogP contribution in [-0.2, 0) is 4.79 Å². The molecule has 2 N–H and O–H groups in total. The Labute approximate surface area is 102 Å². The van der Waals surface area contributed by atoms with Gasteiger partial charge in [-0.3, -0.25) is 14.3 Å². The van der Waals surface area contributed by atoms with Crippen LogP contribution in [0.25, 0.3) is 11.4 Å². The molecule has 6 heteroatoms. The fraction of sp³-hybridized carbons (Fsp3) is 0.250. The molecule has 92 valence electrons. The molecule has 0 unspecified atom stereocenters. The Balaban J connectivity index is 1.84. The van der Waals surface area contributed by atoms with Gasteiger partial charge in [0.1, 0.15) is 0 Å². The number of rotatable bonds is 3. The van der Waals surface area contributed by atoms with Crippen LogP contribution in [-0.4, -0.2) is 16.0 Å². The van der Waals surface area contributed by atoms with Gasteiger partial charge in [0.05, 0.1) is 0 Å². The van der Waals surface area contributed by atoms with Crippen molar-refractivity contribution in [2.24, 2.45) is 5.92 Å². The molecule has 0 atom stereocenters. The summed E-state index contributed by atoms with van der Waals surface area (Å²) in [5.41, 5.74) is 1.38. The number of aromatic nitrogens is 2. The lowest BCUT2D eigenvalue weighted by Gasteiger charge is -2.04. The van der Waals surface area contributed by atoms with Crippen LogP contribution in [0, 0.1) is 5.92 Å². The second-order valence-electron chi connectivity index (χ2n) is 4.29. The van der Waals surface area contributed by atoms with E-state index in [1.54, 1.807) is 24.3 Å². The average molecular weight is 245 g/mol. The molecule has 6 nitrogen and oxygen atoms in total. The van der Waals surface area contributed by atoms with E-state index in [1.165, 1.54) is 0 Å². The van der Waals surface area contributed by atoms with Crippen molar-refractivity contribution >= 4 is 11.6 Å². The number of nitrogens with one attached hydrogen (secondary N) is 2. The lowest BCUT2D eigenvalue weighted by Crippen LogP contribution is -2.13. The highest BCUT2D eigenvalue weighted by Crippen LogP contribution is 2.30. The normalized spacial score (nSPS) is 14.4. The number of H-pyrrole nitrogens is 1. The van der Waals surface area contributed by atoms with Gasteiger partial charge in [-0.25, -0.2) is 4.79 Å². The van der Waals surface area contributed by atoms with E-state index in [4.69, 9.17) is 0 Å². The highest BCUT2D eigenvalue weighted by molar-refractivity contribution is 5.94. The van der Waals surface area contributed by atoms with Crippen LogP contribution in [0.2, 0.25) is 0 Å². The number of benzene rings is 1. The number of hydrogen-bond acceptors (Lipinski definition) is 4. The Morgan fingerprint density at radius 1 is 1.44 bits per heavy atom. The first kappa shape index (κ1) is 10.8. The number of hydrogen-bond donors (Lipinski definition) is 2. The number of anilines is 1. The first-order valence-electron chi connectivity index (χ1n) is 5.70. The van der Waals surface area contributed by atoms with Gasteiger partial charge in [0.15, 0.2) is 5.82 Å². The third kappa shape index (κ3) is 2.17. The first-order valence-corrected chi connectivity index (χ1v) is 5.70. The maximum absolute atomic E-state index is 11.6. The summed E-state index contributed by atoms with van der Waals surface area (Å²) in [5.74, 6) is -0.0544. The SMILES string of the molecule is O=C(Nc1cccc(-c2noc(=O)[nH]2)c1)C1CC1. The fourth-order valence-electron chi connectivity index (χ4n) is 1.69. The molecule has 3 rings (SSSR count). The molecule has 0 radical (unpaired) electrons. The molecule has 1 amide bonds. The number of carbonyl (C=O) groups is 1. The van der Waals surface area contributed by atoms with Crippen molar-refractivity contribution < 1.29 is 9.32 Å². The molecule has 2 aromatic rings. The zero-order valence-electron chi connectivity index (χ0n) is 9.47. The monoisotopic (exact) mass is 245 g/mol. The summed E-state index contributed by atoms with van der Waals surface area (Å²) in [4.78, 5) is 25.0. The number of nitrogens with zero attached hydrogens (tertiary/aromatic N) is 1. The minimum absolute atomic E-state index is 0.0424. The largest absolute Gasteiger partial charge is 0.439 e. The highest BCUT2D eigenvalue weighted by Gasteiger charge is 2.29. The van der Waals surface area contributed by atoms with Crippen LogP contribution in [0.1, 0.15) is 12.8 Å². The van der Waals surface area contributed by atoms with Gasteiger partial charge in [-0.1, -0.05) is 17.3 Å². The third-order valence-electron chi connectivity index (χ3n) is 2.79. The van der Waals surface area contributed by atoms with E-state index in [0.29, 0.717) is 17.1 Å². The summed E-state index contributed by atoms with van der Waals surface area (Å²) in [5, 5.41) is 6.43. The molecule has 1 aliphatic rings. The quantitative estimate of drug-likeness (QED) is 0.855. The average Bonchev–Trinajstić information content (AvgIpc) is 3.12. The molecule has 1 aromatic carbocycles. The molecular formula is C12H11N3O3. The van der Waals surface area contributed by atoms with Crippen molar-refractivity contribution in [3.05, 3.63) is 34.8 Å². The van der Waals surface area contributed by atoms with E-state index < -0.39 is 5.76 Å². The molecule has 0 aliphatic heterocycles. The van der Waals surface area contributed by atoms with Crippen LogP contribution < -0.4 is 11.1 Å². The van der Waals surface area contributed by atoms with Gasteiger partial charge in [-0.15, -0.1) is 0 Å². The van der Waals surface area contributed by atoms with Gasteiger partial charge >= 0.3 is 5.76 Å². The zero-order chi connectivity index (χ0) is 12.5. The number of aromatic amines is 1. The lowest BCUT2D eigenvalue weighted by atomic mass is 10.2. The summed E-state index contributed by atoms with van der Waals surface area (Å²) in [7, 11) is 0. The summed E-state index contributed by atoms with van der Waals surface area (Å²) in [6.07, 6.45) is 1.92. The molecule has 0 spiro atoms. The Bertz CT molecular complexity index is 640. The fourth-order valence-corrected chi connectivity index (χ4v) is 1.69. The Hall–Kier alpha value is -2.37. The summed E-state index contributed by atoms with van der Waals surface area (Å²) >= 11 is 0. The number of carbonyl (C=O) groups excluding carboxylic acids is 1. The summed E-state index contributed by atoms with van der Waals surface area (Å²) < 4.78 is 4.44. The van der Waals surface area contributed by atoms with Gasteiger partial charge in [-0.05, 0) is 25.0 Å². The molecule has 18 heavy (non-hydrogen) atoms. The predicted octanol–water partition coefficient (Wildman–Crippen LogP) is 1.38. The van der Waals surface area contributed by atoms with Crippen LogP contribution in [0.3, 0.4) is 0 Å². The van der Waals surface area contributed by atoms with Crippen molar-refractivity contribution in [2.75, 3.05) is 5.32 Å². The zero-order valence-corrected chi connectivity index (χ0v) is 9.47. The van der Waals surface area contributed by atoms with Crippen LogP contribution in [0.15, 0.2) is 33.6 Å². The van der Waals surface area contributed by atoms with Crippen LogP contribution in [0.5, 0.6) is 0 Å². The second kappa shape index (κ2) is 4.14. The topological polar surface area (TPSA) is 88.0 Å². The second-order valence-corrected chi connectivity index (χ2v) is 4.29. The van der Waals surface area contributed by atoms with E-state index in [0.717, 1.165) is 12.8 Å². The minimum Gasteiger partial charge on any atom is -0.326 e. The molecule has 1 saturated carbocycles. The Morgan fingerprint density at radius 3 is 2.94 bits per heavy atom. The maximum Gasteiger partial charge on any atom is 0.439 e. The minimum atomic E-state index is -0.600. The summed E-state index contributed by atoms with van der Waals surface area (Å²) in [6, 6.07) is 7.10. The predicted molar refractivity (Wildman–Crippen MR) is 63.9 cm³/mol. The molecule has 1 aromatic heterocycles. The van der Waals surface area contributed by atoms with E-state index in [-0.39, 0.29) is 11.8 Å². The molecule has 1 fully saturated rings. The van der Waals surface area contributed by atoms with Gasteiger partial charge in [-0.2, -0.15) is 0 Å². The van der Waals surface area contributed by atoms with Crippen LogP contribution >= 0.6 is 0 Å². The highest BCUT2D eigenvalue weighted by atomic mass is 16.5. The standard InChI is InChI=1S/C12H11N3O3/c16-11(7-4-5-7)13-9-3-1-2-8(6-9)10-14-12(17)18-15-10/h1-3,6-7H,4-5H2,(H,13,16)(H,14,15,17). The van der Waals surface area contributed by atoms with E-state index in [9.17, 15) is 9.59 Å². The maximum atomic E-state index is 11.6. The van der Waals surface area contributed by atoms with Crippen molar-refractivity contribution in [1.29, 1.82) is 0 Å². The molecule has 1 heterocycles. The summed E-state index contributed by atoms with van der Waals surface area (Å²) in [6.45, 7) is 0. The van der Waals surface area contributed by atoms with Gasteiger partial charge in [0, 0.05) is 17.2 Å². The van der Waals surface area contributed by atoms with Gasteiger partial charge in [0.2, 0.25) is 5.91 Å². The molecular weight excluding hydrogens is 234 g/mol. The van der Waals surface area contributed by atoms with Gasteiger partial charge < -0.3 is 5.32 Å². The van der Waals surface area contributed by atoms with Crippen molar-refractivity contribution in [3.63, 3.8) is 0 Å².